The molecule has 2 aromatic carbocycles. The molecule has 0 N–H and O–H groups in total. The van der Waals surface area contributed by atoms with Crippen LogP contribution in [-0.2, 0) is 11.3 Å². The number of nitriles is 1. The molecule has 0 radical (unpaired) electrons. The fourth-order valence-corrected chi connectivity index (χ4v) is 4.67. The van der Waals surface area contributed by atoms with Crippen LogP contribution in [0.5, 0.6) is 0 Å². The molecule has 1 amide bonds. The third kappa shape index (κ3) is 4.17. The van der Waals surface area contributed by atoms with E-state index >= 15 is 0 Å². The number of ketones is 1. The summed E-state index contributed by atoms with van der Waals surface area (Å²) >= 11 is 0. The van der Waals surface area contributed by atoms with Gasteiger partial charge in [0, 0.05) is 23.6 Å². The van der Waals surface area contributed by atoms with E-state index in [9.17, 15) is 9.59 Å². The SMILES string of the molecule is N#Cc1cccc(C(=O)C2CC3CCCC(C2)N3C(=O)OCc2ccccc2)c1. The van der Waals surface area contributed by atoms with E-state index in [-0.39, 0.29) is 36.5 Å². The van der Waals surface area contributed by atoms with Gasteiger partial charge in [-0.15, -0.1) is 0 Å². The first kappa shape index (κ1) is 19.2. The molecule has 2 saturated heterocycles. The Morgan fingerprint density at radius 3 is 2.45 bits per heavy atom. The van der Waals surface area contributed by atoms with Crippen molar-refractivity contribution in [1.29, 1.82) is 5.26 Å². The lowest BCUT2D eigenvalue weighted by molar-refractivity contribution is 0.00473. The summed E-state index contributed by atoms with van der Waals surface area (Å²) in [6.45, 7) is 0.263. The van der Waals surface area contributed by atoms with Crippen LogP contribution < -0.4 is 0 Å². The standard InChI is InChI=1S/C24H24N2O3/c25-15-18-8-4-9-19(12-18)23(27)20-13-21-10-5-11-22(14-20)26(21)24(28)29-16-17-6-2-1-3-7-17/h1-4,6-9,12,20-22H,5,10-11,13-14,16H2. The predicted octanol–water partition coefficient (Wildman–Crippen LogP) is 4.71. The number of carbonyl (C=O) groups excluding carboxylic acids is 2. The summed E-state index contributed by atoms with van der Waals surface area (Å²) in [6.07, 6.45) is 3.92. The van der Waals surface area contributed by atoms with Crippen molar-refractivity contribution in [3.63, 3.8) is 0 Å². The fraction of sp³-hybridized carbons (Fsp3) is 0.375. The zero-order chi connectivity index (χ0) is 20.2. The largest absolute Gasteiger partial charge is 0.445 e. The molecule has 0 spiro atoms. The maximum atomic E-state index is 13.0. The van der Waals surface area contributed by atoms with Crippen LogP contribution in [-0.4, -0.2) is 28.9 Å². The fourth-order valence-electron chi connectivity index (χ4n) is 4.67. The van der Waals surface area contributed by atoms with Crippen LogP contribution in [0.2, 0.25) is 0 Å². The molecule has 2 aromatic rings. The Morgan fingerprint density at radius 1 is 1.03 bits per heavy atom. The van der Waals surface area contributed by atoms with E-state index in [1.54, 1.807) is 24.3 Å². The van der Waals surface area contributed by atoms with Crippen molar-refractivity contribution in [2.45, 2.75) is 50.8 Å². The average Bonchev–Trinajstić information content (AvgIpc) is 2.76. The van der Waals surface area contributed by atoms with Gasteiger partial charge in [-0.3, -0.25) is 4.79 Å². The van der Waals surface area contributed by atoms with E-state index in [4.69, 9.17) is 10.00 Å². The van der Waals surface area contributed by atoms with Crippen LogP contribution in [0.25, 0.3) is 0 Å². The van der Waals surface area contributed by atoms with Gasteiger partial charge in [0.1, 0.15) is 6.61 Å². The quantitative estimate of drug-likeness (QED) is 0.711. The van der Waals surface area contributed by atoms with E-state index in [1.165, 1.54) is 0 Å². The van der Waals surface area contributed by atoms with E-state index in [1.807, 2.05) is 35.2 Å². The van der Waals surface area contributed by atoms with E-state index in [0.717, 1.165) is 24.8 Å². The molecule has 2 aliphatic heterocycles. The maximum absolute atomic E-state index is 13.0. The van der Waals surface area contributed by atoms with Crippen molar-refractivity contribution in [3.8, 4) is 6.07 Å². The number of benzene rings is 2. The van der Waals surface area contributed by atoms with Crippen LogP contribution >= 0.6 is 0 Å². The van der Waals surface area contributed by atoms with E-state index in [2.05, 4.69) is 6.07 Å². The third-order valence-corrected chi connectivity index (χ3v) is 6.04. The summed E-state index contributed by atoms with van der Waals surface area (Å²) in [7, 11) is 0. The summed E-state index contributed by atoms with van der Waals surface area (Å²) in [4.78, 5) is 27.7. The Balaban J connectivity index is 1.44. The second kappa shape index (κ2) is 8.48. The summed E-state index contributed by atoms with van der Waals surface area (Å²) in [5.41, 5.74) is 2.05. The van der Waals surface area contributed by atoms with Gasteiger partial charge in [-0.05, 0) is 49.8 Å². The Labute approximate surface area is 170 Å². The molecule has 0 aromatic heterocycles. The number of piperidine rings is 2. The molecule has 2 bridgehead atoms. The summed E-state index contributed by atoms with van der Waals surface area (Å²) < 4.78 is 5.58. The molecule has 148 valence electrons. The van der Waals surface area contributed by atoms with Gasteiger partial charge in [-0.2, -0.15) is 5.26 Å². The first-order valence-corrected chi connectivity index (χ1v) is 10.2. The van der Waals surface area contributed by atoms with Crippen molar-refractivity contribution in [2.24, 2.45) is 5.92 Å². The van der Waals surface area contributed by atoms with Gasteiger partial charge in [0.25, 0.3) is 0 Å². The van der Waals surface area contributed by atoms with Gasteiger partial charge in [-0.1, -0.05) is 42.5 Å². The first-order chi connectivity index (χ1) is 14.2. The van der Waals surface area contributed by atoms with Crippen LogP contribution in [0.4, 0.5) is 4.79 Å². The van der Waals surface area contributed by atoms with Crippen molar-refractivity contribution < 1.29 is 14.3 Å². The van der Waals surface area contributed by atoms with E-state index in [0.29, 0.717) is 24.0 Å². The van der Waals surface area contributed by atoms with Crippen LogP contribution in [0.15, 0.2) is 54.6 Å². The minimum absolute atomic E-state index is 0.0406. The zero-order valence-electron chi connectivity index (χ0n) is 16.3. The lowest BCUT2D eigenvalue weighted by Crippen LogP contribution is -2.55. The van der Waals surface area contributed by atoms with Gasteiger partial charge in [0.2, 0.25) is 0 Å². The zero-order valence-corrected chi connectivity index (χ0v) is 16.3. The smallest absolute Gasteiger partial charge is 0.410 e. The highest BCUT2D eigenvalue weighted by molar-refractivity contribution is 5.98. The number of rotatable bonds is 4. The number of nitrogens with zero attached hydrogens (tertiary/aromatic N) is 2. The van der Waals surface area contributed by atoms with Crippen molar-refractivity contribution >= 4 is 11.9 Å². The topological polar surface area (TPSA) is 70.4 Å². The van der Waals surface area contributed by atoms with Gasteiger partial charge in [-0.25, -0.2) is 4.79 Å². The monoisotopic (exact) mass is 388 g/mol. The van der Waals surface area contributed by atoms with Crippen molar-refractivity contribution in [1.82, 2.24) is 4.90 Å². The lowest BCUT2D eigenvalue weighted by Gasteiger charge is -2.47. The number of hydrogen-bond donors (Lipinski definition) is 0. The van der Waals surface area contributed by atoms with Gasteiger partial charge < -0.3 is 9.64 Å². The number of hydrogen-bond acceptors (Lipinski definition) is 4. The normalized spacial score (nSPS) is 23.1. The molecule has 5 nitrogen and oxygen atoms in total. The lowest BCUT2D eigenvalue weighted by atomic mass is 9.76. The maximum Gasteiger partial charge on any atom is 0.410 e. The molecule has 5 heteroatoms. The van der Waals surface area contributed by atoms with Crippen LogP contribution in [0.1, 0.15) is 53.6 Å². The highest BCUT2D eigenvalue weighted by atomic mass is 16.6. The second-order valence-electron chi connectivity index (χ2n) is 7.91. The molecule has 2 aliphatic rings. The molecule has 2 heterocycles. The van der Waals surface area contributed by atoms with E-state index < -0.39 is 0 Å². The summed E-state index contributed by atoms with van der Waals surface area (Å²) in [6, 6.07) is 18.7. The highest BCUT2D eigenvalue weighted by Crippen LogP contribution is 2.38. The Hall–Kier alpha value is -3.13. The highest BCUT2D eigenvalue weighted by Gasteiger charge is 2.43. The second-order valence-corrected chi connectivity index (χ2v) is 7.91. The number of carbonyl (C=O) groups is 2. The molecule has 2 unspecified atom stereocenters. The molecule has 2 fully saturated rings. The third-order valence-electron chi connectivity index (χ3n) is 6.04. The Morgan fingerprint density at radius 2 is 1.76 bits per heavy atom. The minimum Gasteiger partial charge on any atom is -0.445 e. The molecule has 0 saturated carbocycles. The van der Waals surface area contributed by atoms with Crippen molar-refractivity contribution in [3.05, 3.63) is 71.3 Å². The average molecular weight is 388 g/mol. The molecule has 4 rings (SSSR count). The summed E-state index contributed by atoms with van der Waals surface area (Å²) in [5, 5.41) is 9.09. The summed E-state index contributed by atoms with van der Waals surface area (Å²) in [5.74, 6) is -0.0336. The molecular formula is C24H24N2O3. The van der Waals surface area contributed by atoms with Gasteiger partial charge in [0.15, 0.2) is 5.78 Å². The van der Waals surface area contributed by atoms with Crippen molar-refractivity contribution in [2.75, 3.05) is 0 Å². The molecular weight excluding hydrogens is 364 g/mol. The number of amides is 1. The van der Waals surface area contributed by atoms with Gasteiger partial charge >= 0.3 is 6.09 Å². The first-order valence-electron chi connectivity index (χ1n) is 10.2. The van der Waals surface area contributed by atoms with Gasteiger partial charge in [0.05, 0.1) is 11.6 Å². The molecule has 0 aliphatic carbocycles. The molecule has 29 heavy (non-hydrogen) atoms. The number of Topliss-reactive ketones (excluding diaryl/α,β-unsaturated/α-hetero) is 1. The minimum atomic E-state index is -0.277. The molecule has 2 atom stereocenters. The van der Waals surface area contributed by atoms with Crippen LogP contribution in [0, 0.1) is 17.2 Å². The number of ether oxygens (including phenoxy) is 1. The Kier molecular flexibility index (Phi) is 5.62. The number of fused-ring (bicyclic) bond motifs is 2. The Bertz CT molecular complexity index is 921. The van der Waals surface area contributed by atoms with Crippen LogP contribution in [0.3, 0.4) is 0 Å². The predicted molar refractivity (Wildman–Crippen MR) is 108 cm³/mol.